The summed E-state index contributed by atoms with van der Waals surface area (Å²) in [4.78, 5) is 10.9. The highest BCUT2D eigenvalue weighted by molar-refractivity contribution is 8.13. The van der Waals surface area contributed by atoms with Crippen LogP contribution in [-0.2, 0) is 9.05 Å². The number of halogens is 2. The van der Waals surface area contributed by atoms with Crippen LogP contribution in [0, 0.1) is 0 Å². The molecule has 0 saturated carbocycles. The molecule has 6 nitrogen and oxygen atoms in total. The number of hydrogen-bond acceptors (Lipinski definition) is 4. The van der Waals surface area contributed by atoms with Crippen LogP contribution in [0.2, 0.25) is 5.02 Å². The maximum absolute atomic E-state index is 11.4. The molecule has 0 spiro atoms. The molecule has 0 aromatic heterocycles. The smallest absolute Gasteiger partial charge is 0.328 e. The van der Waals surface area contributed by atoms with Crippen molar-refractivity contribution < 1.29 is 13.2 Å². The van der Waals surface area contributed by atoms with Crippen LogP contribution in [-0.4, -0.2) is 26.2 Å². The number of nitrogens with one attached hydrogen (secondary N) is 2. The number of rotatable bonds is 2. The van der Waals surface area contributed by atoms with Crippen LogP contribution in [0.15, 0.2) is 28.2 Å². The number of nitrogens with zero attached hydrogens (tertiary/aromatic N) is 1. The van der Waals surface area contributed by atoms with E-state index >= 15 is 0 Å². The quantitative estimate of drug-likeness (QED) is 0.812. The van der Waals surface area contributed by atoms with Crippen LogP contribution < -0.4 is 10.7 Å². The van der Waals surface area contributed by atoms with Crippen molar-refractivity contribution in [2.45, 2.75) is 17.9 Å². The zero-order chi connectivity index (χ0) is 14.2. The van der Waals surface area contributed by atoms with Gasteiger partial charge in [-0.25, -0.2) is 18.6 Å². The molecule has 1 unspecified atom stereocenters. The molecule has 1 atom stereocenters. The number of hydrazone groups is 1. The highest BCUT2D eigenvalue weighted by atomic mass is 35.7. The van der Waals surface area contributed by atoms with E-state index in [2.05, 4.69) is 15.8 Å². The van der Waals surface area contributed by atoms with E-state index in [9.17, 15) is 13.2 Å². The van der Waals surface area contributed by atoms with Crippen molar-refractivity contribution in [2.75, 3.05) is 0 Å². The van der Waals surface area contributed by atoms with E-state index in [4.69, 9.17) is 22.3 Å². The van der Waals surface area contributed by atoms with Gasteiger partial charge in [0, 0.05) is 16.2 Å². The number of benzene rings is 1. The fourth-order valence-electron chi connectivity index (χ4n) is 1.67. The molecule has 0 radical (unpaired) electrons. The molecule has 0 saturated heterocycles. The molecule has 1 aromatic rings. The number of carbonyl (C=O) groups excluding carboxylic acids is 1. The molecule has 2 rings (SSSR count). The van der Waals surface area contributed by atoms with E-state index < -0.39 is 15.1 Å². The zero-order valence-electron chi connectivity index (χ0n) is 9.65. The summed E-state index contributed by atoms with van der Waals surface area (Å²) in [5, 5.41) is 6.52. The second-order valence-electron chi connectivity index (χ2n) is 3.89. The third-order valence-electron chi connectivity index (χ3n) is 2.53. The number of urea groups is 1. The fraction of sp³-hybridized carbons (Fsp3) is 0.200. The van der Waals surface area contributed by atoms with Crippen LogP contribution in [0.5, 0.6) is 0 Å². The SMILES string of the molecule is CC1NC(=O)NN=C1c1ccc(Cl)c(S(=O)(=O)Cl)c1. The van der Waals surface area contributed by atoms with Crippen LogP contribution in [0.4, 0.5) is 4.79 Å². The molecule has 2 N–H and O–H groups in total. The first kappa shape index (κ1) is 14.1. The minimum absolute atomic E-state index is 0.0276. The van der Waals surface area contributed by atoms with Crippen molar-refractivity contribution in [2.24, 2.45) is 5.10 Å². The molecular weight excluding hydrogens is 313 g/mol. The number of hydrogen-bond donors (Lipinski definition) is 2. The van der Waals surface area contributed by atoms with Crippen molar-refractivity contribution in [1.82, 2.24) is 10.7 Å². The van der Waals surface area contributed by atoms with Crippen molar-refractivity contribution in [3.05, 3.63) is 28.8 Å². The van der Waals surface area contributed by atoms with E-state index in [-0.39, 0.29) is 16.0 Å². The van der Waals surface area contributed by atoms with Crippen LogP contribution in [0.25, 0.3) is 0 Å². The van der Waals surface area contributed by atoms with Gasteiger partial charge in [0.05, 0.1) is 16.8 Å². The summed E-state index contributed by atoms with van der Waals surface area (Å²) < 4.78 is 22.8. The lowest BCUT2D eigenvalue weighted by Gasteiger charge is -2.21. The Balaban J connectivity index is 2.51. The molecule has 0 aliphatic carbocycles. The maximum Gasteiger partial charge on any atom is 0.335 e. The lowest BCUT2D eigenvalue weighted by atomic mass is 10.0. The van der Waals surface area contributed by atoms with Gasteiger partial charge in [-0.05, 0) is 19.1 Å². The van der Waals surface area contributed by atoms with Gasteiger partial charge in [0.25, 0.3) is 9.05 Å². The monoisotopic (exact) mass is 321 g/mol. The second-order valence-corrected chi connectivity index (χ2v) is 6.83. The Morgan fingerprint density at radius 3 is 2.63 bits per heavy atom. The van der Waals surface area contributed by atoms with Crippen LogP contribution in [0.3, 0.4) is 0 Å². The number of carbonyl (C=O) groups is 1. The Morgan fingerprint density at radius 1 is 1.37 bits per heavy atom. The summed E-state index contributed by atoms with van der Waals surface area (Å²) in [6.45, 7) is 1.72. The average Bonchev–Trinajstić information content (AvgIpc) is 2.29. The highest BCUT2D eigenvalue weighted by Crippen LogP contribution is 2.26. The van der Waals surface area contributed by atoms with E-state index in [0.29, 0.717) is 11.3 Å². The molecule has 0 fully saturated rings. The van der Waals surface area contributed by atoms with E-state index in [1.165, 1.54) is 12.1 Å². The summed E-state index contributed by atoms with van der Waals surface area (Å²) in [6.07, 6.45) is 0. The summed E-state index contributed by atoms with van der Waals surface area (Å²) in [5.74, 6) is 0. The van der Waals surface area contributed by atoms with Gasteiger partial charge in [-0.2, -0.15) is 5.10 Å². The highest BCUT2D eigenvalue weighted by Gasteiger charge is 2.23. The van der Waals surface area contributed by atoms with Crippen molar-refractivity contribution >= 4 is 43.1 Å². The third-order valence-corrected chi connectivity index (χ3v) is 4.33. The average molecular weight is 322 g/mol. The van der Waals surface area contributed by atoms with Gasteiger partial charge < -0.3 is 5.32 Å². The standard InChI is InChI=1S/C10H9Cl2N3O3S/c1-5-9(14-15-10(16)13-5)6-2-3-7(11)8(4-6)19(12,17)18/h2-5H,1H3,(H2,13,15,16). The Hall–Kier alpha value is -1.31. The number of amides is 2. The molecule has 1 aliphatic rings. The summed E-state index contributed by atoms with van der Waals surface area (Å²) in [5.41, 5.74) is 3.24. The molecule has 1 aromatic carbocycles. The normalized spacial score (nSPS) is 19.4. The molecule has 19 heavy (non-hydrogen) atoms. The summed E-state index contributed by atoms with van der Waals surface area (Å²) in [7, 11) is 1.35. The van der Waals surface area contributed by atoms with Crippen molar-refractivity contribution in [3.63, 3.8) is 0 Å². The minimum atomic E-state index is -3.95. The topological polar surface area (TPSA) is 87.6 Å². The molecule has 102 valence electrons. The molecule has 1 heterocycles. The Labute approximate surface area is 119 Å². The van der Waals surface area contributed by atoms with Gasteiger partial charge >= 0.3 is 6.03 Å². The molecule has 0 bridgehead atoms. The Bertz CT molecular complexity index is 673. The van der Waals surface area contributed by atoms with Gasteiger partial charge in [0.15, 0.2) is 0 Å². The first-order valence-electron chi connectivity index (χ1n) is 5.17. The van der Waals surface area contributed by atoms with Crippen LogP contribution >= 0.6 is 22.3 Å². The Morgan fingerprint density at radius 2 is 2.05 bits per heavy atom. The molecule has 9 heteroatoms. The van der Waals surface area contributed by atoms with Gasteiger partial charge in [0.1, 0.15) is 4.90 Å². The predicted octanol–water partition coefficient (Wildman–Crippen LogP) is 1.67. The van der Waals surface area contributed by atoms with Crippen molar-refractivity contribution in [3.8, 4) is 0 Å². The fourth-order valence-corrected chi connectivity index (χ4v) is 3.16. The summed E-state index contributed by atoms with van der Waals surface area (Å²) >= 11 is 5.79. The van der Waals surface area contributed by atoms with Gasteiger partial charge in [-0.1, -0.05) is 17.7 Å². The molecular formula is C10H9Cl2N3O3S. The zero-order valence-corrected chi connectivity index (χ0v) is 12.0. The third kappa shape index (κ3) is 2.99. The van der Waals surface area contributed by atoms with Crippen molar-refractivity contribution in [1.29, 1.82) is 0 Å². The van der Waals surface area contributed by atoms with E-state index in [1.807, 2.05) is 0 Å². The van der Waals surface area contributed by atoms with Gasteiger partial charge in [-0.3, -0.25) is 0 Å². The van der Waals surface area contributed by atoms with E-state index in [0.717, 1.165) is 0 Å². The predicted molar refractivity (Wildman–Crippen MR) is 72.2 cm³/mol. The second kappa shape index (κ2) is 4.99. The van der Waals surface area contributed by atoms with Crippen LogP contribution in [0.1, 0.15) is 12.5 Å². The Kier molecular flexibility index (Phi) is 3.71. The lowest BCUT2D eigenvalue weighted by Crippen LogP contribution is -2.48. The van der Waals surface area contributed by atoms with Gasteiger partial charge in [0.2, 0.25) is 0 Å². The largest absolute Gasteiger partial charge is 0.335 e. The van der Waals surface area contributed by atoms with E-state index in [1.54, 1.807) is 13.0 Å². The maximum atomic E-state index is 11.4. The first-order valence-corrected chi connectivity index (χ1v) is 7.86. The molecule has 1 aliphatic heterocycles. The minimum Gasteiger partial charge on any atom is -0.328 e. The first-order chi connectivity index (χ1) is 8.79. The summed E-state index contributed by atoms with van der Waals surface area (Å²) in [6, 6.07) is 3.55. The van der Waals surface area contributed by atoms with Gasteiger partial charge in [-0.15, -0.1) is 0 Å². The molecule has 2 amide bonds. The lowest BCUT2D eigenvalue weighted by molar-refractivity contribution is 0.239.